The number of sulfonamides is 1. The molecule has 3 aromatic carbocycles. The fraction of sp³-hybridized carbons (Fsp3) is 0. The number of hydrogen-bond acceptors (Lipinski definition) is 6. The van der Waals surface area contributed by atoms with Gasteiger partial charge >= 0.3 is 0 Å². The molecule has 0 saturated heterocycles. The molecule has 0 spiro atoms. The lowest BCUT2D eigenvalue weighted by Crippen LogP contribution is -2.27. The predicted octanol–water partition coefficient (Wildman–Crippen LogP) is 3.01. The average Bonchev–Trinajstić information content (AvgIpc) is 2.70. The van der Waals surface area contributed by atoms with Crippen molar-refractivity contribution in [1.29, 1.82) is 0 Å². The number of aromatic hydroxyl groups is 3. The van der Waals surface area contributed by atoms with Crippen molar-refractivity contribution < 1.29 is 28.5 Å². The van der Waals surface area contributed by atoms with Crippen LogP contribution in [-0.2, 0) is 10.0 Å². The van der Waals surface area contributed by atoms with E-state index in [1.165, 1.54) is 48.5 Å². The molecule has 3 aromatic rings. The van der Waals surface area contributed by atoms with Gasteiger partial charge in [0.25, 0.3) is 10.0 Å². The number of phenols is 3. The van der Waals surface area contributed by atoms with E-state index in [1.54, 1.807) is 30.3 Å². The summed E-state index contributed by atoms with van der Waals surface area (Å²) in [5.74, 6) is -1.44. The van der Waals surface area contributed by atoms with Gasteiger partial charge in [0.1, 0.15) is 5.75 Å². The van der Waals surface area contributed by atoms with Crippen LogP contribution in [-0.4, -0.2) is 29.5 Å². The molecule has 4 N–H and O–H groups in total. The largest absolute Gasteiger partial charge is 0.508 e. The van der Waals surface area contributed by atoms with Gasteiger partial charge in [-0.15, -0.1) is 0 Å². The van der Waals surface area contributed by atoms with Crippen molar-refractivity contribution in [1.82, 2.24) is 4.72 Å². The van der Waals surface area contributed by atoms with Gasteiger partial charge < -0.3 is 15.3 Å². The highest BCUT2D eigenvalue weighted by molar-refractivity contribution is 7.89. The van der Waals surface area contributed by atoms with Crippen LogP contribution in [0.15, 0.2) is 83.4 Å². The number of carbonyl (C=O) groups is 1. The Balaban J connectivity index is 2.04. The molecule has 8 heteroatoms. The zero-order chi connectivity index (χ0) is 21.0. The lowest BCUT2D eigenvalue weighted by atomic mass is 10.1. The van der Waals surface area contributed by atoms with Crippen LogP contribution in [0.2, 0.25) is 0 Å². The summed E-state index contributed by atoms with van der Waals surface area (Å²) >= 11 is 0. The second-order valence-corrected chi connectivity index (χ2v) is 7.78. The Morgan fingerprint density at radius 3 is 2.10 bits per heavy atom. The Hall–Kier alpha value is -3.78. The fourth-order valence-corrected chi connectivity index (χ4v) is 3.57. The number of allylic oxidation sites excluding steroid dienone is 1. The third-order valence-electron chi connectivity index (χ3n) is 3.98. The van der Waals surface area contributed by atoms with Crippen LogP contribution < -0.4 is 4.72 Å². The van der Waals surface area contributed by atoms with Crippen molar-refractivity contribution in [2.75, 3.05) is 0 Å². The maximum Gasteiger partial charge on any atom is 0.262 e. The lowest BCUT2D eigenvalue weighted by Gasteiger charge is -2.12. The van der Waals surface area contributed by atoms with Crippen LogP contribution in [0.1, 0.15) is 15.9 Å². The van der Waals surface area contributed by atoms with E-state index >= 15 is 0 Å². The summed E-state index contributed by atoms with van der Waals surface area (Å²) in [5, 5.41) is 28.5. The Kier molecular flexibility index (Phi) is 5.56. The normalized spacial score (nSPS) is 11.8. The highest BCUT2D eigenvalue weighted by atomic mass is 32.2. The molecule has 0 fully saturated rings. The zero-order valence-electron chi connectivity index (χ0n) is 15.0. The molecule has 0 radical (unpaired) electrons. The molecule has 29 heavy (non-hydrogen) atoms. The summed E-state index contributed by atoms with van der Waals surface area (Å²) in [6.07, 6.45) is 1.26. The second-order valence-electron chi connectivity index (χ2n) is 6.10. The summed E-state index contributed by atoms with van der Waals surface area (Å²) in [6.45, 7) is 0. The van der Waals surface area contributed by atoms with Crippen LogP contribution in [0, 0.1) is 0 Å². The first-order chi connectivity index (χ1) is 13.8. The third kappa shape index (κ3) is 4.74. The molecule has 0 bridgehead atoms. The minimum absolute atomic E-state index is 0.0976. The van der Waals surface area contributed by atoms with Gasteiger partial charge in [-0.1, -0.05) is 36.4 Å². The molecule has 0 heterocycles. The van der Waals surface area contributed by atoms with E-state index in [-0.39, 0.29) is 27.7 Å². The summed E-state index contributed by atoms with van der Waals surface area (Å²) in [7, 11) is -4.13. The Bertz CT molecular complexity index is 1170. The number of hydrogen-bond donors (Lipinski definition) is 4. The van der Waals surface area contributed by atoms with Gasteiger partial charge in [-0.05, 0) is 48.0 Å². The molecule has 0 aliphatic rings. The first kappa shape index (κ1) is 20.0. The highest BCUT2D eigenvalue weighted by Crippen LogP contribution is 2.26. The van der Waals surface area contributed by atoms with E-state index in [2.05, 4.69) is 4.72 Å². The highest BCUT2D eigenvalue weighted by Gasteiger charge is 2.21. The number of Topliss-reactive ketones (excluding diaryl/α,β-unsaturated/α-hetero) is 1. The Labute approximate surface area is 167 Å². The van der Waals surface area contributed by atoms with Gasteiger partial charge in [-0.3, -0.25) is 9.52 Å². The molecule has 3 rings (SSSR count). The minimum Gasteiger partial charge on any atom is -0.508 e. The number of benzene rings is 3. The van der Waals surface area contributed by atoms with E-state index in [1.807, 2.05) is 0 Å². The van der Waals surface area contributed by atoms with Crippen molar-refractivity contribution >= 4 is 21.9 Å². The topological polar surface area (TPSA) is 124 Å². The second kappa shape index (κ2) is 8.07. The number of rotatable bonds is 6. The maximum atomic E-state index is 12.9. The van der Waals surface area contributed by atoms with Gasteiger partial charge in [-0.2, -0.15) is 0 Å². The molecule has 148 valence electrons. The van der Waals surface area contributed by atoms with Gasteiger partial charge in [-0.25, -0.2) is 8.42 Å². The van der Waals surface area contributed by atoms with Crippen LogP contribution in [0.3, 0.4) is 0 Å². The molecule has 0 amide bonds. The van der Waals surface area contributed by atoms with Crippen molar-refractivity contribution in [3.63, 3.8) is 0 Å². The van der Waals surface area contributed by atoms with Gasteiger partial charge in [0.2, 0.25) is 5.78 Å². The molecule has 7 nitrogen and oxygen atoms in total. The summed E-state index contributed by atoms with van der Waals surface area (Å²) < 4.78 is 27.7. The van der Waals surface area contributed by atoms with Crippen molar-refractivity contribution in [2.45, 2.75) is 4.90 Å². The van der Waals surface area contributed by atoms with E-state index in [0.717, 1.165) is 0 Å². The molecule has 0 aromatic heterocycles. The SMILES string of the molecule is O=C(C(=Cc1ccc(O)c(O)c1)NS(=O)(=O)c1ccc(O)cc1)c1ccccc1. The number of phenolic OH excluding ortho intramolecular Hbond substituents is 3. The third-order valence-corrected chi connectivity index (χ3v) is 5.36. The maximum absolute atomic E-state index is 12.9. The van der Waals surface area contributed by atoms with Crippen molar-refractivity contribution in [2.24, 2.45) is 0 Å². The Morgan fingerprint density at radius 2 is 1.48 bits per heavy atom. The summed E-state index contributed by atoms with van der Waals surface area (Å²) in [5.41, 5.74) is 0.303. The monoisotopic (exact) mass is 411 g/mol. The quantitative estimate of drug-likeness (QED) is 0.281. The fourth-order valence-electron chi connectivity index (χ4n) is 2.51. The van der Waals surface area contributed by atoms with Gasteiger partial charge in [0, 0.05) is 5.56 Å². The van der Waals surface area contributed by atoms with Crippen molar-refractivity contribution in [3.8, 4) is 17.2 Å². The average molecular weight is 411 g/mol. The summed E-state index contributed by atoms with van der Waals surface area (Å²) in [6, 6.07) is 16.8. The first-order valence-corrected chi connectivity index (χ1v) is 9.90. The molecule has 0 aliphatic carbocycles. The molecule has 0 atom stereocenters. The van der Waals surface area contributed by atoms with Crippen molar-refractivity contribution in [3.05, 3.63) is 89.6 Å². The predicted molar refractivity (Wildman–Crippen MR) is 107 cm³/mol. The lowest BCUT2D eigenvalue weighted by molar-refractivity contribution is 0.103. The number of ketones is 1. The molecule has 0 aliphatic heterocycles. The number of carbonyl (C=O) groups excluding carboxylic acids is 1. The van der Waals surface area contributed by atoms with E-state index < -0.39 is 21.6 Å². The smallest absolute Gasteiger partial charge is 0.262 e. The van der Waals surface area contributed by atoms with Gasteiger partial charge in [0.15, 0.2) is 11.5 Å². The number of nitrogens with one attached hydrogen (secondary N) is 1. The molecular formula is C21H17NO6S. The molecular weight excluding hydrogens is 394 g/mol. The van der Waals surface area contributed by atoms with E-state index in [4.69, 9.17) is 0 Å². The first-order valence-electron chi connectivity index (χ1n) is 8.41. The van der Waals surface area contributed by atoms with E-state index in [9.17, 15) is 28.5 Å². The van der Waals surface area contributed by atoms with E-state index in [0.29, 0.717) is 5.56 Å². The van der Waals surface area contributed by atoms with Crippen LogP contribution >= 0.6 is 0 Å². The zero-order valence-corrected chi connectivity index (χ0v) is 15.8. The van der Waals surface area contributed by atoms with Crippen LogP contribution in [0.4, 0.5) is 0 Å². The Morgan fingerprint density at radius 1 is 0.828 bits per heavy atom. The van der Waals surface area contributed by atoms with Crippen LogP contribution in [0.5, 0.6) is 17.2 Å². The molecule has 0 unspecified atom stereocenters. The minimum atomic E-state index is -4.13. The standard InChI is InChI=1S/C21H17NO6S/c23-16-7-9-17(10-8-16)29(27,28)22-18(21(26)15-4-2-1-3-5-15)12-14-6-11-19(24)20(25)13-14/h1-13,22-25H. The summed E-state index contributed by atoms with van der Waals surface area (Å²) in [4.78, 5) is 12.8. The molecule has 0 saturated carbocycles. The van der Waals surface area contributed by atoms with Gasteiger partial charge in [0.05, 0.1) is 10.6 Å². The van der Waals surface area contributed by atoms with Crippen LogP contribution in [0.25, 0.3) is 6.08 Å².